The molecule has 2 saturated carbocycles. The van der Waals surface area contributed by atoms with Crippen molar-refractivity contribution in [3.63, 3.8) is 0 Å². The first-order chi connectivity index (χ1) is 47.1. The van der Waals surface area contributed by atoms with E-state index in [9.17, 15) is 38.4 Å². The summed E-state index contributed by atoms with van der Waals surface area (Å²) >= 11 is 0. The number of alkyl carbamates (subject to hydrolysis) is 4. The molecule has 24 nitrogen and oxygen atoms in total. The standard InChI is InChI=1S/C38H74N6O6.C35H68N6O6/c1-5-9-21-31(7-3)29-49-37(47)41-27-19-13-11-17-25-39-35(45)43-33-23-15-16-24-34(33)44-36(46)40-26-18-12-14-20-28-42-38(48)50-30-32(8-4)22-10-6-2;1-5-8-19-29(7-3)27-47-35(45)39-25-18-12-10-16-23-37-33(43)41-31-21-14-13-20-30(31)40-32(42)36-22-15-9-11-17-24-38-34(44)46-26-28(4)6-2/h31-34H,5-30H2,1-4H3,(H,41,47)(H,42,48)(H2,39,43,45)(H2,40,44,46);28-31H,5-27H2,1-4H3,(H,38,44)(H,39,45)(H2,36,40,42)(H2,37,41,43)/t31?,32?,33-,34-;28?,29?,30-,31-/m10/s1. The van der Waals surface area contributed by atoms with E-state index in [1.807, 2.05) is 0 Å². The summed E-state index contributed by atoms with van der Waals surface area (Å²) in [5.41, 5.74) is 0. The molecule has 2 fully saturated rings. The fraction of sp³-hybridized carbons (Fsp3) is 0.890. The molecule has 0 aromatic rings. The number of unbranched alkanes of at least 4 members (excludes halogenated alkanes) is 15. The Morgan fingerprint density at radius 2 is 0.505 bits per heavy atom. The molecule has 2 rings (SSSR count). The Balaban J connectivity index is 0.000000972. The van der Waals surface area contributed by atoms with E-state index in [0.717, 1.165) is 218 Å². The van der Waals surface area contributed by atoms with Gasteiger partial charge in [-0.2, -0.15) is 0 Å². The summed E-state index contributed by atoms with van der Waals surface area (Å²) in [6.07, 6.45) is 35.1. The average Bonchev–Trinajstić information content (AvgIpc) is 0.949. The van der Waals surface area contributed by atoms with Gasteiger partial charge in [-0.15, -0.1) is 0 Å². The predicted molar refractivity (Wildman–Crippen MR) is 389 cm³/mol. The smallest absolute Gasteiger partial charge is 0.407 e. The molecule has 0 bridgehead atoms. The van der Waals surface area contributed by atoms with Crippen LogP contribution in [0.4, 0.5) is 38.4 Å². The van der Waals surface area contributed by atoms with Gasteiger partial charge in [0, 0.05) is 52.4 Å². The third-order valence-electron chi connectivity index (χ3n) is 18.6. The van der Waals surface area contributed by atoms with Crippen LogP contribution in [0.2, 0.25) is 0 Å². The Labute approximate surface area is 586 Å². The van der Waals surface area contributed by atoms with Crippen molar-refractivity contribution in [3.05, 3.63) is 0 Å². The van der Waals surface area contributed by atoms with Crippen LogP contribution in [-0.4, -0.2) is 151 Å². The van der Waals surface area contributed by atoms with E-state index < -0.39 is 0 Å². The number of hydrogen-bond donors (Lipinski definition) is 12. The normalized spacial score (nSPS) is 16.9. The summed E-state index contributed by atoms with van der Waals surface area (Å²) in [5.74, 6) is 1.69. The van der Waals surface area contributed by atoms with Gasteiger partial charge in [-0.25, -0.2) is 38.4 Å². The highest BCUT2D eigenvalue weighted by atomic mass is 16.6. The van der Waals surface area contributed by atoms with Crippen molar-refractivity contribution in [2.75, 3.05) is 78.8 Å². The predicted octanol–water partition coefficient (Wildman–Crippen LogP) is 14.6. The van der Waals surface area contributed by atoms with Crippen LogP contribution in [0.15, 0.2) is 0 Å². The van der Waals surface area contributed by atoms with E-state index in [4.69, 9.17) is 18.9 Å². The van der Waals surface area contributed by atoms with Gasteiger partial charge in [0.25, 0.3) is 0 Å². The molecule has 0 spiro atoms. The van der Waals surface area contributed by atoms with Gasteiger partial charge in [0.05, 0.1) is 50.6 Å². The minimum Gasteiger partial charge on any atom is -0.449 e. The quantitative estimate of drug-likeness (QED) is 0.0200. The first-order valence-corrected chi connectivity index (χ1v) is 38.9. The summed E-state index contributed by atoms with van der Waals surface area (Å²) in [5, 5.41) is 35.3. The van der Waals surface area contributed by atoms with Crippen LogP contribution in [0.1, 0.15) is 293 Å². The van der Waals surface area contributed by atoms with E-state index in [0.29, 0.717) is 102 Å². The zero-order valence-electron chi connectivity index (χ0n) is 62.2. The van der Waals surface area contributed by atoms with E-state index >= 15 is 0 Å². The Hall–Kier alpha value is -5.84. The lowest BCUT2D eigenvalue weighted by Gasteiger charge is -2.32. The molecule has 0 saturated heterocycles. The SMILES string of the molecule is CCCCC(CC)COC(=O)NCCCCCCNC(=O)N[C@@H]1CCCC[C@H]1NC(=O)NCCCCCCNC(=O)OCC(CC)CCCC.CCCCC(CC)COC(=O)NCCCCCCNC(=O)N[C@H]1CCCC[C@@H]1NC(=O)NCCCCCCNC(=O)OCC(C)CC. The van der Waals surface area contributed by atoms with Gasteiger partial charge in [0.15, 0.2) is 0 Å². The van der Waals surface area contributed by atoms with Crippen molar-refractivity contribution >= 4 is 48.5 Å². The summed E-state index contributed by atoms with van der Waals surface area (Å²) in [6, 6.07) is -1.17. The monoisotopic (exact) mass is 1380 g/mol. The molecule has 24 heteroatoms. The highest BCUT2D eigenvalue weighted by Crippen LogP contribution is 2.21. The zero-order chi connectivity index (χ0) is 71.2. The van der Waals surface area contributed by atoms with Gasteiger partial charge in [0.2, 0.25) is 0 Å². The minimum atomic E-state index is -0.355. The molecule has 0 aliphatic heterocycles. The molecular weight excluding hydrogens is 1240 g/mol. The van der Waals surface area contributed by atoms with E-state index in [2.05, 4.69) is 119 Å². The number of hydrogen-bond acceptors (Lipinski definition) is 12. The maximum atomic E-state index is 12.6. The molecule has 0 heterocycles. The van der Waals surface area contributed by atoms with E-state index in [-0.39, 0.29) is 72.7 Å². The Kier molecular flexibility index (Phi) is 57.4. The van der Waals surface area contributed by atoms with Gasteiger partial charge in [0.1, 0.15) is 0 Å². The maximum Gasteiger partial charge on any atom is 0.407 e. The molecule has 8 atom stereocenters. The minimum absolute atomic E-state index is 0.0935. The number of urea groups is 4. The summed E-state index contributed by atoms with van der Waals surface area (Å²) in [4.78, 5) is 97.6. The third kappa shape index (κ3) is 51.9. The fourth-order valence-corrected chi connectivity index (χ4v) is 11.6. The van der Waals surface area contributed by atoms with Crippen molar-refractivity contribution in [2.45, 2.75) is 317 Å². The third-order valence-corrected chi connectivity index (χ3v) is 18.6. The molecule has 12 amide bonds. The largest absolute Gasteiger partial charge is 0.449 e. The van der Waals surface area contributed by atoms with Gasteiger partial charge in [-0.1, -0.05) is 197 Å². The molecule has 566 valence electrons. The van der Waals surface area contributed by atoms with Crippen LogP contribution in [0, 0.1) is 23.7 Å². The van der Waals surface area contributed by atoms with Crippen molar-refractivity contribution < 1.29 is 57.3 Å². The lowest BCUT2D eigenvalue weighted by atomic mass is 9.90. The van der Waals surface area contributed by atoms with Crippen LogP contribution in [-0.2, 0) is 18.9 Å². The first-order valence-electron chi connectivity index (χ1n) is 38.9. The van der Waals surface area contributed by atoms with Crippen LogP contribution in [0.25, 0.3) is 0 Å². The second kappa shape index (κ2) is 62.4. The average molecular weight is 1380 g/mol. The number of ether oxygens (including phenoxy) is 4. The molecular formula is C73H142N12O12. The second-order valence-electron chi connectivity index (χ2n) is 27.1. The Morgan fingerprint density at radius 3 is 0.711 bits per heavy atom. The van der Waals surface area contributed by atoms with Crippen molar-refractivity contribution in [1.82, 2.24) is 63.8 Å². The fourth-order valence-electron chi connectivity index (χ4n) is 11.6. The highest BCUT2D eigenvalue weighted by Gasteiger charge is 2.29. The molecule has 0 aromatic carbocycles. The Bertz CT molecular complexity index is 1950. The van der Waals surface area contributed by atoms with Gasteiger partial charge in [-0.3, -0.25) is 0 Å². The van der Waals surface area contributed by atoms with E-state index in [1.165, 1.54) is 19.3 Å². The lowest BCUT2D eigenvalue weighted by molar-refractivity contribution is 0.122. The van der Waals surface area contributed by atoms with E-state index in [1.54, 1.807) is 0 Å². The molecule has 4 unspecified atom stereocenters. The summed E-state index contributed by atoms with van der Waals surface area (Å²) in [7, 11) is 0. The van der Waals surface area contributed by atoms with Gasteiger partial charge in [-0.05, 0) is 120 Å². The van der Waals surface area contributed by atoms with Crippen molar-refractivity contribution in [2.24, 2.45) is 23.7 Å². The molecule has 12 N–H and O–H groups in total. The summed E-state index contributed by atoms with van der Waals surface area (Å²) < 4.78 is 21.3. The van der Waals surface area contributed by atoms with Crippen LogP contribution in [0.5, 0.6) is 0 Å². The highest BCUT2D eigenvalue weighted by molar-refractivity contribution is 5.77. The number of rotatable bonds is 53. The van der Waals surface area contributed by atoms with Crippen molar-refractivity contribution in [1.29, 1.82) is 0 Å². The number of nitrogens with one attached hydrogen (secondary N) is 12. The molecule has 97 heavy (non-hydrogen) atoms. The lowest BCUT2D eigenvalue weighted by Crippen LogP contribution is -2.56. The second-order valence-corrected chi connectivity index (χ2v) is 27.1. The molecule has 2 aliphatic rings. The number of carbonyl (C=O) groups is 8. The number of carbonyl (C=O) groups excluding carboxylic acids is 8. The zero-order valence-corrected chi connectivity index (χ0v) is 62.2. The molecule has 0 radical (unpaired) electrons. The molecule has 0 aromatic heterocycles. The van der Waals surface area contributed by atoms with Crippen LogP contribution in [0.3, 0.4) is 0 Å². The first kappa shape index (κ1) is 89.2. The van der Waals surface area contributed by atoms with Crippen molar-refractivity contribution in [3.8, 4) is 0 Å². The topological polar surface area (TPSA) is 318 Å². The molecule has 2 aliphatic carbocycles. The van der Waals surface area contributed by atoms with Gasteiger partial charge >= 0.3 is 48.5 Å². The Morgan fingerprint density at radius 1 is 0.289 bits per heavy atom. The summed E-state index contributed by atoms with van der Waals surface area (Å²) in [6.45, 7) is 23.7. The van der Waals surface area contributed by atoms with Gasteiger partial charge < -0.3 is 82.7 Å². The van der Waals surface area contributed by atoms with Crippen LogP contribution < -0.4 is 63.8 Å². The van der Waals surface area contributed by atoms with Crippen LogP contribution >= 0.6 is 0 Å². The number of amides is 12. The maximum absolute atomic E-state index is 12.6.